The van der Waals surface area contributed by atoms with E-state index in [9.17, 15) is 0 Å². The highest BCUT2D eigenvalue weighted by atomic mass is 16.3. The highest BCUT2D eigenvalue weighted by Crippen LogP contribution is 2.38. The fraction of sp³-hybridized carbons (Fsp3) is 0. The van der Waals surface area contributed by atoms with Crippen LogP contribution in [-0.4, -0.2) is 14.5 Å². The monoisotopic (exact) mass is 639 g/mol. The predicted octanol–water partition coefficient (Wildman–Crippen LogP) is 12.1. The maximum atomic E-state index is 6.49. The number of hydrogen-bond donors (Lipinski definition) is 0. The molecule has 10 rings (SSSR count). The van der Waals surface area contributed by atoms with Gasteiger partial charge in [-0.1, -0.05) is 127 Å². The van der Waals surface area contributed by atoms with Crippen molar-refractivity contribution in [1.82, 2.24) is 14.5 Å². The molecular weight excluding hydrogens is 611 g/mol. The Labute approximate surface area is 288 Å². The average Bonchev–Trinajstić information content (AvgIpc) is 3.74. The van der Waals surface area contributed by atoms with Crippen molar-refractivity contribution in [1.29, 1.82) is 0 Å². The van der Waals surface area contributed by atoms with Crippen LogP contribution in [0.15, 0.2) is 180 Å². The molecule has 0 N–H and O–H groups in total. The Kier molecular flexibility index (Phi) is 6.46. The van der Waals surface area contributed by atoms with Gasteiger partial charge >= 0.3 is 0 Å². The van der Waals surface area contributed by atoms with Gasteiger partial charge in [0.1, 0.15) is 11.2 Å². The Balaban J connectivity index is 1.19. The number of hydrogen-bond acceptors (Lipinski definition) is 3. The van der Waals surface area contributed by atoms with Crippen molar-refractivity contribution in [3.8, 4) is 50.7 Å². The molecule has 3 heterocycles. The van der Waals surface area contributed by atoms with Crippen molar-refractivity contribution < 1.29 is 4.42 Å². The molecule has 7 aromatic carbocycles. The van der Waals surface area contributed by atoms with E-state index in [0.717, 1.165) is 77.9 Å². The molecule has 4 heteroatoms. The van der Waals surface area contributed by atoms with Crippen LogP contribution in [0, 0.1) is 0 Å². The fourth-order valence-electron chi connectivity index (χ4n) is 7.28. The van der Waals surface area contributed by atoms with E-state index in [1.807, 2.05) is 18.2 Å². The number of furan rings is 1. The van der Waals surface area contributed by atoms with Crippen LogP contribution in [0.1, 0.15) is 0 Å². The van der Waals surface area contributed by atoms with Crippen LogP contribution in [0.4, 0.5) is 0 Å². The minimum Gasteiger partial charge on any atom is -0.455 e. The van der Waals surface area contributed by atoms with Crippen LogP contribution in [-0.2, 0) is 0 Å². The molecule has 0 aliphatic heterocycles. The second kappa shape index (κ2) is 11.4. The van der Waals surface area contributed by atoms with Crippen LogP contribution < -0.4 is 0 Å². The number of fused-ring (bicyclic) bond motifs is 6. The van der Waals surface area contributed by atoms with Gasteiger partial charge in [-0.15, -0.1) is 0 Å². The highest BCUT2D eigenvalue weighted by molar-refractivity contribution is 6.10. The normalized spacial score (nSPS) is 11.6. The Morgan fingerprint density at radius 3 is 1.82 bits per heavy atom. The lowest BCUT2D eigenvalue weighted by atomic mass is 10.00. The quantitative estimate of drug-likeness (QED) is 0.188. The lowest BCUT2D eigenvalue weighted by molar-refractivity contribution is 0.670. The number of aromatic nitrogens is 3. The third-order valence-corrected chi connectivity index (χ3v) is 9.61. The molecule has 0 saturated carbocycles. The van der Waals surface area contributed by atoms with Gasteiger partial charge in [0.15, 0.2) is 5.82 Å². The van der Waals surface area contributed by atoms with Gasteiger partial charge < -0.3 is 8.98 Å². The topological polar surface area (TPSA) is 43.9 Å². The molecule has 234 valence electrons. The second-order valence-electron chi connectivity index (χ2n) is 12.6. The van der Waals surface area contributed by atoms with E-state index in [2.05, 4.69) is 162 Å². The number of benzene rings is 7. The first-order valence-corrected chi connectivity index (χ1v) is 16.8. The molecular formula is C46H29N3O. The zero-order valence-corrected chi connectivity index (χ0v) is 27.0. The van der Waals surface area contributed by atoms with Gasteiger partial charge in [0.25, 0.3) is 0 Å². The summed E-state index contributed by atoms with van der Waals surface area (Å²) in [7, 11) is 0. The Morgan fingerprint density at radius 2 is 1.00 bits per heavy atom. The second-order valence-corrected chi connectivity index (χ2v) is 12.6. The number of rotatable bonds is 5. The van der Waals surface area contributed by atoms with Crippen molar-refractivity contribution >= 4 is 43.7 Å². The number of para-hydroxylation sites is 4. The first-order valence-electron chi connectivity index (χ1n) is 16.8. The number of nitrogens with zero attached hydrogens (tertiary/aromatic N) is 3. The summed E-state index contributed by atoms with van der Waals surface area (Å²) in [5.74, 6) is 0.651. The molecule has 0 bridgehead atoms. The summed E-state index contributed by atoms with van der Waals surface area (Å²) in [5.41, 5.74) is 11.9. The predicted molar refractivity (Wildman–Crippen MR) is 205 cm³/mol. The van der Waals surface area contributed by atoms with Crippen LogP contribution >= 0.6 is 0 Å². The van der Waals surface area contributed by atoms with E-state index in [1.165, 1.54) is 10.8 Å². The summed E-state index contributed by atoms with van der Waals surface area (Å²) < 4.78 is 8.82. The Bertz CT molecular complexity index is 2830. The summed E-state index contributed by atoms with van der Waals surface area (Å²) in [4.78, 5) is 10.5. The molecule has 0 radical (unpaired) electrons. The minimum atomic E-state index is 0.651. The van der Waals surface area contributed by atoms with E-state index in [1.54, 1.807) is 0 Å². The first-order chi connectivity index (χ1) is 24.8. The third-order valence-electron chi connectivity index (χ3n) is 9.61. The summed E-state index contributed by atoms with van der Waals surface area (Å²) in [5, 5.41) is 4.62. The molecule has 0 fully saturated rings. The van der Waals surface area contributed by atoms with Crippen LogP contribution in [0.5, 0.6) is 0 Å². The molecule has 0 atom stereocenters. The van der Waals surface area contributed by atoms with Crippen molar-refractivity contribution in [3.05, 3.63) is 176 Å². The SMILES string of the molecule is c1ccc(-c2cccc(-c3cc(-c4cccc5c4oc4ccccc45)nc(-c4cccc(-n5c6ccccc6c6ccccc65)c4)n3)c2)cc1. The van der Waals surface area contributed by atoms with E-state index < -0.39 is 0 Å². The van der Waals surface area contributed by atoms with Crippen molar-refractivity contribution in [2.24, 2.45) is 0 Å². The molecule has 0 amide bonds. The summed E-state index contributed by atoms with van der Waals surface area (Å²) in [6, 6.07) is 61.3. The zero-order chi connectivity index (χ0) is 33.0. The maximum Gasteiger partial charge on any atom is 0.160 e. The van der Waals surface area contributed by atoms with Gasteiger partial charge in [-0.3, -0.25) is 0 Å². The standard InChI is InChI=1S/C46H29N3O/c1-2-13-30(14-3-1)31-15-10-16-32(27-31)40-29-41(39-23-12-22-38-37-21-6-9-26-44(37)50-45(38)39)48-46(47-40)33-17-11-18-34(28-33)49-42-24-7-4-19-35(42)36-20-5-8-25-43(36)49/h1-29H. The Hall–Kier alpha value is -6.78. The maximum absolute atomic E-state index is 6.49. The fourth-order valence-corrected chi connectivity index (χ4v) is 7.28. The minimum absolute atomic E-state index is 0.651. The lowest BCUT2D eigenvalue weighted by Gasteiger charge is -2.13. The van der Waals surface area contributed by atoms with Gasteiger partial charge in [0, 0.05) is 43.9 Å². The summed E-state index contributed by atoms with van der Waals surface area (Å²) in [6.45, 7) is 0. The van der Waals surface area contributed by atoms with Gasteiger partial charge in [0.2, 0.25) is 0 Å². The van der Waals surface area contributed by atoms with E-state index in [0.29, 0.717) is 5.82 Å². The molecule has 0 saturated heterocycles. The largest absolute Gasteiger partial charge is 0.455 e. The van der Waals surface area contributed by atoms with Crippen LogP contribution in [0.25, 0.3) is 94.5 Å². The third kappa shape index (κ3) is 4.61. The molecule has 0 spiro atoms. The molecule has 0 aliphatic carbocycles. The van der Waals surface area contributed by atoms with Gasteiger partial charge in [-0.05, 0) is 59.7 Å². The highest BCUT2D eigenvalue weighted by Gasteiger charge is 2.18. The van der Waals surface area contributed by atoms with Gasteiger partial charge in [-0.25, -0.2) is 9.97 Å². The zero-order valence-electron chi connectivity index (χ0n) is 27.0. The molecule has 50 heavy (non-hydrogen) atoms. The van der Waals surface area contributed by atoms with Crippen LogP contribution in [0.3, 0.4) is 0 Å². The molecule has 0 aliphatic rings. The molecule has 3 aromatic heterocycles. The average molecular weight is 640 g/mol. The van der Waals surface area contributed by atoms with E-state index >= 15 is 0 Å². The first kappa shape index (κ1) is 28.3. The van der Waals surface area contributed by atoms with E-state index in [4.69, 9.17) is 14.4 Å². The van der Waals surface area contributed by atoms with Crippen molar-refractivity contribution in [2.75, 3.05) is 0 Å². The van der Waals surface area contributed by atoms with Crippen molar-refractivity contribution in [3.63, 3.8) is 0 Å². The summed E-state index contributed by atoms with van der Waals surface area (Å²) >= 11 is 0. The molecule has 0 unspecified atom stereocenters. The van der Waals surface area contributed by atoms with Gasteiger partial charge in [-0.2, -0.15) is 0 Å². The Morgan fingerprint density at radius 1 is 0.400 bits per heavy atom. The van der Waals surface area contributed by atoms with Crippen molar-refractivity contribution in [2.45, 2.75) is 0 Å². The van der Waals surface area contributed by atoms with Crippen LogP contribution in [0.2, 0.25) is 0 Å². The summed E-state index contributed by atoms with van der Waals surface area (Å²) in [6.07, 6.45) is 0. The van der Waals surface area contributed by atoms with Gasteiger partial charge in [0.05, 0.1) is 22.4 Å². The molecule has 10 aromatic rings. The van der Waals surface area contributed by atoms with E-state index in [-0.39, 0.29) is 0 Å². The molecule has 4 nitrogen and oxygen atoms in total. The smallest absolute Gasteiger partial charge is 0.160 e. The lowest BCUT2D eigenvalue weighted by Crippen LogP contribution is -1.98.